The predicted octanol–water partition coefficient (Wildman–Crippen LogP) is 4.07. The fourth-order valence-corrected chi connectivity index (χ4v) is 2.13. The summed E-state index contributed by atoms with van der Waals surface area (Å²) in [6.45, 7) is 1.50. The Morgan fingerprint density at radius 3 is 2.50 bits per heavy atom. The van der Waals surface area contributed by atoms with Gasteiger partial charge in [0.05, 0.1) is 5.02 Å². The monoisotopic (exact) mass is 310 g/mol. The minimum atomic E-state index is -0.00919. The summed E-state index contributed by atoms with van der Waals surface area (Å²) >= 11 is 12.3. The van der Waals surface area contributed by atoms with Gasteiger partial charge in [-0.3, -0.25) is 4.79 Å². The van der Waals surface area contributed by atoms with E-state index in [9.17, 15) is 4.79 Å². The summed E-state index contributed by atoms with van der Waals surface area (Å²) in [7, 11) is 0. The predicted molar refractivity (Wildman–Crippen MR) is 56.9 cm³/mol. The van der Waals surface area contributed by atoms with Crippen LogP contribution in [0.3, 0.4) is 0 Å². The number of benzene rings is 1. The molecule has 1 nitrogen and oxygen atoms in total. The fourth-order valence-electron chi connectivity index (χ4n) is 0.812. The first kappa shape index (κ1) is 10.2. The molecule has 1 aromatic rings. The van der Waals surface area contributed by atoms with Crippen LogP contribution in [0.25, 0.3) is 0 Å². The van der Waals surface area contributed by atoms with E-state index >= 15 is 0 Å². The molecule has 0 unspecified atom stereocenters. The molecule has 1 aromatic carbocycles. The van der Waals surface area contributed by atoms with E-state index in [1.165, 1.54) is 6.92 Å². The Hall–Kier alpha value is 0.140. The summed E-state index contributed by atoms with van der Waals surface area (Å²) < 4.78 is 1.46. The molecular formula is C8H5Br2ClO. The van der Waals surface area contributed by atoms with Crippen LogP contribution < -0.4 is 0 Å². The number of carbonyl (C=O) groups excluding carboxylic acids is 1. The van der Waals surface area contributed by atoms with Crippen molar-refractivity contribution in [3.8, 4) is 0 Å². The molecule has 0 spiro atoms. The molecule has 12 heavy (non-hydrogen) atoms. The van der Waals surface area contributed by atoms with E-state index < -0.39 is 0 Å². The molecule has 0 saturated carbocycles. The third-order valence-electron chi connectivity index (χ3n) is 1.37. The highest BCUT2D eigenvalue weighted by atomic mass is 79.9. The van der Waals surface area contributed by atoms with Gasteiger partial charge in [0.2, 0.25) is 0 Å². The highest BCUT2D eigenvalue weighted by Crippen LogP contribution is 2.30. The summed E-state index contributed by atoms with van der Waals surface area (Å²) in [5.41, 5.74) is 0.592. The van der Waals surface area contributed by atoms with Gasteiger partial charge in [0.15, 0.2) is 5.78 Å². The number of Topliss-reactive ketones (excluding diaryl/α,β-unsaturated/α-hetero) is 1. The molecular weight excluding hydrogens is 307 g/mol. The summed E-state index contributed by atoms with van der Waals surface area (Å²) in [6, 6.07) is 3.47. The molecule has 0 amide bonds. The van der Waals surface area contributed by atoms with Crippen LogP contribution in [0, 0.1) is 0 Å². The van der Waals surface area contributed by atoms with E-state index in [0.29, 0.717) is 15.1 Å². The second-order valence-electron chi connectivity index (χ2n) is 2.31. The van der Waals surface area contributed by atoms with E-state index in [2.05, 4.69) is 31.9 Å². The maximum Gasteiger partial charge on any atom is 0.161 e. The lowest BCUT2D eigenvalue weighted by Crippen LogP contribution is -1.93. The molecule has 0 fully saturated rings. The molecule has 0 aliphatic rings. The largest absolute Gasteiger partial charge is 0.294 e. The molecule has 0 radical (unpaired) electrons. The highest BCUT2D eigenvalue weighted by molar-refractivity contribution is 9.11. The van der Waals surface area contributed by atoms with E-state index in [1.54, 1.807) is 12.1 Å². The van der Waals surface area contributed by atoms with Gasteiger partial charge < -0.3 is 0 Å². The minimum absolute atomic E-state index is 0.00919. The maximum atomic E-state index is 11.1. The van der Waals surface area contributed by atoms with Crippen LogP contribution in [0.5, 0.6) is 0 Å². The van der Waals surface area contributed by atoms with Gasteiger partial charge in [-0.2, -0.15) is 0 Å². The SMILES string of the molecule is CC(=O)c1cc(Br)cc(Cl)c1Br. The van der Waals surface area contributed by atoms with Crippen molar-refractivity contribution in [1.82, 2.24) is 0 Å². The highest BCUT2D eigenvalue weighted by Gasteiger charge is 2.09. The first-order valence-electron chi connectivity index (χ1n) is 3.18. The number of halogens is 3. The average Bonchev–Trinajstić information content (AvgIpc) is 1.96. The Bertz CT molecular complexity index is 336. The normalized spacial score (nSPS) is 10.0. The molecule has 0 heterocycles. The standard InChI is InChI=1S/C8H5Br2ClO/c1-4(12)6-2-5(9)3-7(11)8(6)10/h2-3H,1H3. The number of ketones is 1. The Balaban J connectivity index is 3.37. The van der Waals surface area contributed by atoms with Crippen molar-refractivity contribution in [2.24, 2.45) is 0 Å². The molecule has 0 bridgehead atoms. The zero-order valence-electron chi connectivity index (χ0n) is 6.20. The van der Waals surface area contributed by atoms with Gasteiger partial charge in [0.25, 0.3) is 0 Å². The smallest absolute Gasteiger partial charge is 0.161 e. The van der Waals surface area contributed by atoms with Gasteiger partial charge in [0.1, 0.15) is 0 Å². The van der Waals surface area contributed by atoms with Crippen molar-refractivity contribution in [2.45, 2.75) is 6.92 Å². The summed E-state index contributed by atoms with van der Waals surface area (Å²) in [4.78, 5) is 11.1. The molecule has 0 atom stereocenters. The Kier molecular flexibility index (Phi) is 3.32. The van der Waals surface area contributed by atoms with Crippen molar-refractivity contribution in [2.75, 3.05) is 0 Å². The van der Waals surface area contributed by atoms with Crippen molar-refractivity contribution in [3.63, 3.8) is 0 Å². The van der Waals surface area contributed by atoms with Gasteiger partial charge >= 0.3 is 0 Å². The van der Waals surface area contributed by atoms with Crippen molar-refractivity contribution in [1.29, 1.82) is 0 Å². The molecule has 0 aliphatic heterocycles. The number of hydrogen-bond acceptors (Lipinski definition) is 1. The molecule has 0 aliphatic carbocycles. The second-order valence-corrected chi connectivity index (χ2v) is 4.42. The third kappa shape index (κ3) is 2.09. The Morgan fingerprint density at radius 1 is 1.42 bits per heavy atom. The van der Waals surface area contributed by atoms with E-state index in [1.807, 2.05) is 0 Å². The third-order valence-corrected chi connectivity index (χ3v) is 3.21. The minimum Gasteiger partial charge on any atom is -0.294 e. The van der Waals surface area contributed by atoms with E-state index in [0.717, 1.165) is 4.47 Å². The van der Waals surface area contributed by atoms with Gasteiger partial charge in [-0.1, -0.05) is 27.5 Å². The zero-order chi connectivity index (χ0) is 9.30. The van der Waals surface area contributed by atoms with Gasteiger partial charge in [-0.15, -0.1) is 0 Å². The van der Waals surface area contributed by atoms with Gasteiger partial charge in [-0.25, -0.2) is 0 Å². The number of hydrogen-bond donors (Lipinski definition) is 0. The second kappa shape index (κ2) is 3.90. The molecule has 0 N–H and O–H groups in total. The lowest BCUT2D eigenvalue weighted by atomic mass is 10.1. The topological polar surface area (TPSA) is 17.1 Å². The van der Waals surface area contributed by atoms with Crippen LogP contribution in [-0.4, -0.2) is 5.78 Å². The van der Waals surface area contributed by atoms with Gasteiger partial charge in [0, 0.05) is 14.5 Å². The van der Waals surface area contributed by atoms with Crippen LogP contribution in [0.4, 0.5) is 0 Å². The summed E-state index contributed by atoms with van der Waals surface area (Å²) in [5, 5.41) is 0.537. The molecule has 1 rings (SSSR count). The van der Waals surface area contributed by atoms with E-state index in [-0.39, 0.29) is 5.78 Å². The lowest BCUT2D eigenvalue weighted by Gasteiger charge is -2.02. The summed E-state index contributed by atoms with van der Waals surface area (Å²) in [6.07, 6.45) is 0. The number of carbonyl (C=O) groups is 1. The van der Waals surface area contributed by atoms with Crippen LogP contribution in [0.15, 0.2) is 21.1 Å². The fraction of sp³-hybridized carbons (Fsp3) is 0.125. The lowest BCUT2D eigenvalue weighted by molar-refractivity contribution is 0.101. The van der Waals surface area contributed by atoms with Crippen molar-refractivity contribution >= 4 is 49.2 Å². The molecule has 0 aromatic heterocycles. The molecule has 4 heteroatoms. The first-order chi connectivity index (χ1) is 5.52. The van der Waals surface area contributed by atoms with Crippen molar-refractivity contribution in [3.05, 3.63) is 31.7 Å². The van der Waals surface area contributed by atoms with Crippen LogP contribution in [0.1, 0.15) is 17.3 Å². The Morgan fingerprint density at radius 2 is 2.00 bits per heavy atom. The zero-order valence-corrected chi connectivity index (χ0v) is 10.1. The van der Waals surface area contributed by atoms with Crippen LogP contribution >= 0.6 is 43.5 Å². The van der Waals surface area contributed by atoms with Crippen LogP contribution in [-0.2, 0) is 0 Å². The number of rotatable bonds is 1. The average molecular weight is 312 g/mol. The molecule has 0 saturated heterocycles. The summed E-state index contributed by atoms with van der Waals surface area (Å²) in [5.74, 6) is -0.00919. The van der Waals surface area contributed by atoms with Crippen molar-refractivity contribution < 1.29 is 4.79 Å². The molecule has 64 valence electrons. The van der Waals surface area contributed by atoms with E-state index in [4.69, 9.17) is 11.6 Å². The Labute approximate surface area is 92.4 Å². The van der Waals surface area contributed by atoms with Gasteiger partial charge in [-0.05, 0) is 35.0 Å². The van der Waals surface area contributed by atoms with Crippen LogP contribution in [0.2, 0.25) is 5.02 Å². The first-order valence-corrected chi connectivity index (χ1v) is 5.14. The maximum absolute atomic E-state index is 11.1. The quantitative estimate of drug-likeness (QED) is 0.564.